The van der Waals surface area contributed by atoms with Crippen molar-refractivity contribution in [2.75, 3.05) is 7.11 Å². The van der Waals surface area contributed by atoms with Crippen molar-refractivity contribution < 1.29 is 9.53 Å². The molecule has 0 spiro atoms. The Morgan fingerprint density at radius 1 is 1.33 bits per heavy atom. The van der Waals surface area contributed by atoms with E-state index in [4.69, 9.17) is 4.74 Å². The van der Waals surface area contributed by atoms with Crippen molar-refractivity contribution >= 4 is 5.91 Å². The third-order valence-electron chi connectivity index (χ3n) is 2.65. The predicted molar refractivity (Wildman–Crippen MR) is 69.3 cm³/mol. The Kier molecular flexibility index (Phi) is 4.02. The molecule has 0 aliphatic carbocycles. The molecule has 2 N–H and O–H groups in total. The molecule has 94 valence electrons. The molecule has 0 radical (unpaired) electrons. The second kappa shape index (κ2) is 5.91. The molecule has 0 fully saturated rings. The SMILES string of the molecule is COc1cccc(CC(=O)NCc2cc[nH]c2)c1. The Balaban J connectivity index is 1.86. The number of aromatic nitrogens is 1. The monoisotopic (exact) mass is 244 g/mol. The fraction of sp³-hybridized carbons (Fsp3) is 0.214. The standard InChI is InChI=1S/C14H16N2O2/c1-18-13-4-2-3-11(7-13)8-14(17)16-10-12-5-6-15-9-12/h2-7,9,15H,8,10H2,1H3,(H,16,17). The summed E-state index contributed by atoms with van der Waals surface area (Å²) in [6, 6.07) is 9.47. The van der Waals surface area contributed by atoms with Gasteiger partial charge in [-0.15, -0.1) is 0 Å². The highest BCUT2D eigenvalue weighted by molar-refractivity contribution is 5.78. The second-order valence-corrected chi connectivity index (χ2v) is 4.02. The highest BCUT2D eigenvalue weighted by Crippen LogP contribution is 2.12. The Labute approximate surface area is 106 Å². The molecule has 0 saturated carbocycles. The topological polar surface area (TPSA) is 54.1 Å². The zero-order chi connectivity index (χ0) is 12.8. The summed E-state index contributed by atoms with van der Waals surface area (Å²) in [6.45, 7) is 0.548. The predicted octanol–water partition coefficient (Wildman–Crippen LogP) is 1.88. The second-order valence-electron chi connectivity index (χ2n) is 4.02. The minimum Gasteiger partial charge on any atom is -0.497 e. The molecule has 1 aromatic carbocycles. The summed E-state index contributed by atoms with van der Waals surface area (Å²) in [5.74, 6) is 0.774. The molecule has 1 heterocycles. The van der Waals surface area contributed by atoms with Gasteiger partial charge < -0.3 is 15.0 Å². The highest BCUT2D eigenvalue weighted by Gasteiger charge is 2.04. The Bertz CT molecular complexity index is 506. The first-order chi connectivity index (χ1) is 8.78. The van der Waals surface area contributed by atoms with Gasteiger partial charge in [-0.3, -0.25) is 4.79 Å². The minimum absolute atomic E-state index is 0.00412. The van der Waals surface area contributed by atoms with Crippen LogP contribution in [0.5, 0.6) is 5.75 Å². The van der Waals surface area contributed by atoms with Crippen LogP contribution in [0.25, 0.3) is 0 Å². The summed E-state index contributed by atoms with van der Waals surface area (Å²) in [5.41, 5.74) is 2.01. The summed E-state index contributed by atoms with van der Waals surface area (Å²) < 4.78 is 5.12. The van der Waals surface area contributed by atoms with Crippen LogP contribution in [0.2, 0.25) is 0 Å². The molecule has 0 saturated heterocycles. The summed E-state index contributed by atoms with van der Waals surface area (Å²) in [4.78, 5) is 14.7. The average Bonchev–Trinajstić information content (AvgIpc) is 2.90. The van der Waals surface area contributed by atoms with Crippen LogP contribution < -0.4 is 10.1 Å². The number of nitrogens with one attached hydrogen (secondary N) is 2. The van der Waals surface area contributed by atoms with Gasteiger partial charge in [0.2, 0.25) is 5.91 Å². The lowest BCUT2D eigenvalue weighted by atomic mass is 10.1. The fourth-order valence-corrected chi connectivity index (χ4v) is 1.70. The molecule has 1 aromatic heterocycles. The van der Waals surface area contributed by atoms with Gasteiger partial charge in [0.1, 0.15) is 5.75 Å². The molecule has 0 aliphatic rings. The van der Waals surface area contributed by atoms with Crippen LogP contribution in [0.15, 0.2) is 42.7 Å². The molecule has 0 unspecified atom stereocenters. The van der Waals surface area contributed by atoms with Crippen LogP contribution in [-0.2, 0) is 17.8 Å². The summed E-state index contributed by atoms with van der Waals surface area (Å²) in [6.07, 6.45) is 4.07. The fourth-order valence-electron chi connectivity index (χ4n) is 1.70. The van der Waals surface area contributed by atoms with Crippen LogP contribution in [0, 0.1) is 0 Å². The van der Waals surface area contributed by atoms with E-state index in [9.17, 15) is 4.79 Å². The number of carbonyl (C=O) groups is 1. The average molecular weight is 244 g/mol. The number of methoxy groups -OCH3 is 1. The van der Waals surface area contributed by atoms with Crippen molar-refractivity contribution in [3.8, 4) is 5.75 Å². The van der Waals surface area contributed by atoms with Crippen molar-refractivity contribution in [2.24, 2.45) is 0 Å². The van der Waals surface area contributed by atoms with Crippen LogP contribution in [0.3, 0.4) is 0 Å². The Morgan fingerprint density at radius 2 is 2.22 bits per heavy atom. The zero-order valence-corrected chi connectivity index (χ0v) is 10.3. The van der Waals surface area contributed by atoms with Crippen molar-refractivity contribution in [2.45, 2.75) is 13.0 Å². The van der Waals surface area contributed by atoms with Crippen LogP contribution in [0.4, 0.5) is 0 Å². The lowest BCUT2D eigenvalue weighted by Gasteiger charge is -2.05. The quantitative estimate of drug-likeness (QED) is 0.843. The number of carbonyl (C=O) groups excluding carboxylic acids is 1. The van der Waals surface area contributed by atoms with E-state index in [2.05, 4.69) is 10.3 Å². The molecular weight excluding hydrogens is 228 g/mol. The number of rotatable bonds is 5. The highest BCUT2D eigenvalue weighted by atomic mass is 16.5. The molecule has 4 heteroatoms. The Hall–Kier alpha value is -2.23. The lowest BCUT2D eigenvalue weighted by Crippen LogP contribution is -2.24. The van der Waals surface area contributed by atoms with E-state index in [1.807, 2.05) is 42.7 Å². The summed E-state index contributed by atoms with van der Waals surface area (Å²) in [5, 5.41) is 2.87. The first-order valence-corrected chi connectivity index (χ1v) is 5.79. The lowest BCUT2D eigenvalue weighted by molar-refractivity contribution is -0.120. The smallest absolute Gasteiger partial charge is 0.224 e. The number of ether oxygens (including phenoxy) is 1. The van der Waals surface area contributed by atoms with Crippen molar-refractivity contribution in [3.05, 3.63) is 53.9 Å². The van der Waals surface area contributed by atoms with Crippen molar-refractivity contribution in [1.29, 1.82) is 0 Å². The maximum absolute atomic E-state index is 11.7. The summed E-state index contributed by atoms with van der Waals surface area (Å²) in [7, 11) is 1.62. The van der Waals surface area contributed by atoms with Crippen LogP contribution in [0.1, 0.15) is 11.1 Å². The molecule has 0 bridgehead atoms. The number of amides is 1. The van der Waals surface area contributed by atoms with E-state index in [-0.39, 0.29) is 5.91 Å². The van der Waals surface area contributed by atoms with Gasteiger partial charge in [-0.1, -0.05) is 12.1 Å². The largest absolute Gasteiger partial charge is 0.497 e. The molecule has 0 atom stereocenters. The molecule has 2 rings (SSSR count). The van der Waals surface area contributed by atoms with Gasteiger partial charge >= 0.3 is 0 Å². The molecule has 2 aromatic rings. The molecule has 0 aliphatic heterocycles. The van der Waals surface area contributed by atoms with E-state index in [1.54, 1.807) is 7.11 Å². The van der Waals surface area contributed by atoms with E-state index < -0.39 is 0 Å². The third-order valence-corrected chi connectivity index (χ3v) is 2.65. The van der Waals surface area contributed by atoms with Crippen molar-refractivity contribution in [3.63, 3.8) is 0 Å². The number of benzene rings is 1. The van der Waals surface area contributed by atoms with Crippen LogP contribution in [-0.4, -0.2) is 18.0 Å². The minimum atomic E-state index is 0.00412. The maximum atomic E-state index is 11.7. The van der Waals surface area contributed by atoms with Gasteiger partial charge in [0, 0.05) is 18.9 Å². The number of hydrogen-bond donors (Lipinski definition) is 2. The van der Waals surface area contributed by atoms with E-state index in [0.717, 1.165) is 16.9 Å². The maximum Gasteiger partial charge on any atom is 0.224 e. The zero-order valence-electron chi connectivity index (χ0n) is 10.3. The first-order valence-electron chi connectivity index (χ1n) is 5.79. The van der Waals surface area contributed by atoms with Gasteiger partial charge in [-0.05, 0) is 29.3 Å². The van der Waals surface area contributed by atoms with Crippen molar-refractivity contribution in [1.82, 2.24) is 10.3 Å². The van der Waals surface area contributed by atoms with Gasteiger partial charge in [-0.25, -0.2) is 0 Å². The first kappa shape index (κ1) is 12.2. The molecular formula is C14H16N2O2. The summed E-state index contributed by atoms with van der Waals surface area (Å²) >= 11 is 0. The van der Waals surface area contributed by atoms with Gasteiger partial charge in [0.25, 0.3) is 0 Å². The van der Waals surface area contributed by atoms with E-state index >= 15 is 0 Å². The third kappa shape index (κ3) is 3.38. The number of aromatic amines is 1. The molecule has 1 amide bonds. The van der Waals surface area contributed by atoms with Gasteiger partial charge in [0.05, 0.1) is 13.5 Å². The van der Waals surface area contributed by atoms with E-state index in [0.29, 0.717) is 13.0 Å². The Morgan fingerprint density at radius 3 is 2.94 bits per heavy atom. The number of H-pyrrole nitrogens is 1. The number of hydrogen-bond acceptors (Lipinski definition) is 2. The molecule has 4 nitrogen and oxygen atoms in total. The normalized spacial score (nSPS) is 10.1. The molecule has 18 heavy (non-hydrogen) atoms. The van der Waals surface area contributed by atoms with E-state index in [1.165, 1.54) is 0 Å². The van der Waals surface area contributed by atoms with Gasteiger partial charge in [0.15, 0.2) is 0 Å². The van der Waals surface area contributed by atoms with Crippen LogP contribution >= 0.6 is 0 Å². The van der Waals surface area contributed by atoms with Gasteiger partial charge in [-0.2, -0.15) is 0 Å².